The highest BCUT2D eigenvalue weighted by molar-refractivity contribution is 5.84. The smallest absolute Gasteiger partial charge is 0.375 e. The maximum Gasteiger partial charge on any atom is 0.396 e. The summed E-state index contributed by atoms with van der Waals surface area (Å²) in [5, 5.41) is 2.40. The van der Waals surface area contributed by atoms with Gasteiger partial charge in [-0.1, -0.05) is 0 Å². The van der Waals surface area contributed by atoms with Crippen LogP contribution in [0.5, 0.6) is 0 Å². The molecule has 8 heteroatoms. The fourth-order valence-electron chi connectivity index (χ4n) is 2.84. The zero-order chi connectivity index (χ0) is 17.1. The maximum absolute atomic E-state index is 12.9. The highest BCUT2D eigenvalue weighted by Gasteiger charge is 2.63. The SMILES string of the molecule is CC(OCC1(C(F)(F)F)CC1)C(NC=O)C(=O)N1CCCCC1. The maximum atomic E-state index is 12.9. The van der Waals surface area contributed by atoms with Gasteiger partial charge in [0.2, 0.25) is 12.3 Å². The summed E-state index contributed by atoms with van der Waals surface area (Å²) in [6, 6.07) is -0.949. The van der Waals surface area contributed by atoms with E-state index in [0.717, 1.165) is 19.3 Å². The van der Waals surface area contributed by atoms with E-state index in [4.69, 9.17) is 4.74 Å². The third kappa shape index (κ3) is 4.16. The molecule has 5 nitrogen and oxygen atoms in total. The van der Waals surface area contributed by atoms with Crippen LogP contribution in [0.25, 0.3) is 0 Å². The number of amides is 2. The van der Waals surface area contributed by atoms with Crippen LogP contribution in [-0.2, 0) is 14.3 Å². The molecule has 0 radical (unpaired) electrons. The Morgan fingerprint density at radius 3 is 2.39 bits per heavy atom. The predicted octanol–water partition coefficient (Wildman–Crippen LogP) is 1.86. The molecule has 2 unspecified atom stereocenters. The summed E-state index contributed by atoms with van der Waals surface area (Å²) in [5.41, 5.74) is -1.78. The number of rotatable bonds is 7. The lowest BCUT2D eigenvalue weighted by molar-refractivity contribution is -0.206. The Balaban J connectivity index is 1.94. The molecular formula is C15H23F3N2O3. The van der Waals surface area contributed by atoms with Crippen LogP contribution in [0.2, 0.25) is 0 Å². The Labute approximate surface area is 133 Å². The fraction of sp³-hybridized carbons (Fsp3) is 0.867. The van der Waals surface area contributed by atoms with E-state index in [1.54, 1.807) is 4.90 Å². The van der Waals surface area contributed by atoms with E-state index >= 15 is 0 Å². The van der Waals surface area contributed by atoms with E-state index in [0.29, 0.717) is 19.5 Å². The monoisotopic (exact) mass is 336 g/mol. The normalized spacial score (nSPS) is 23.0. The Hall–Kier alpha value is -1.31. The standard InChI is InChI=1S/C15H23F3N2O3/c1-11(23-9-14(5-6-14)15(16,17)18)12(19-10-21)13(22)20-7-3-2-4-8-20/h10-12H,2-9H2,1H3,(H,19,21). The lowest BCUT2D eigenvalue weighted by atomic mass is 10.1. The zero-order valence-electron chi connectivity index (χ0n) is 13.2. The minimum absolute atomic E-state index is 0.0507. The number of ether oxygens (including phenoxy) is 1. The van der Waals surface area contributed by atoms with Gasteiger partial charge in [-0.2, -0.15) is 13.2 Å². The van der Waals surface area contributed by atoms with Gasteiger partial charge in [0.25, 0.3) is 0 Å². The first-order valence-corrected chi connectivity index (χ1v) is 7.97. The van der Waals surface area contributed by atoms with Crippen LogP contribution in [-0.4, -0.2) is 55.2 Å². The number of carbonyl (C=O) groups is 2. The van der Waals surface area contributed by atoms with Crippen molar-refractivity contribution in [2.24, 2.45) is 5.41 Å². The molecule has 1 N–H and O–H groups in total. The summed E-state index contributed by atoms with van der Waals surface area (Å²) in [6.45, 7) is 2.27. The molecule has 1 saturated heterocycles. The molecular weight excluding hydrogens is 313 g/mol. The van der Waals surface area contributed by atoms with Gasteiger partial charge in [-0.05, 0) is 39.0 Å². The first-order valence-electron chi connectivity index (χ1n) is 7.97. The van der Waals surface area contributed by atoms with Gasteiger partial charge in [0.1, 0.15) is 6.04 Å². The van der Waals surface area contributed by atoms with E-state index in [1.165, 1.54) is 6.92 Å². The molecule has 2 atom stereocenters. The number of halogens is 3. The highest BCUT2D eigenvalue weighted by Crippen LogP contribution is 2.57. The highest BCUT2D eigenvalue weighted by atomic mass is 19.4. The summed E-state index contributed by atoms with van der Waals surface area (Å²) < 4.78 is 44.1. The first kappa shape index (κ1) is 18.0. The Morgan fingerprint density at radius 2 is 1.91 bits per heavy atom. The molecule has 2 amide bonds. The lowest BCUT2D eigenvalue weighted by Crippen LogP contribution is -2.53. The van der Waals surface area contributed by atoms with Gasteiger partial charge >= 0.3 is 6.18 Å². The molecule has 0 aromatic rings. The number of nitrogens with zero attached hydrogens (tertiary/aromatic N) is 1. The van der Waals surface area contributed by atoms with Gasteiger partial charge in [-0.25, -0.2) is 0 Å². The number of alkyl halides is 3. The molecule has 2 rings (SSSR count). The van der Waals surface area contributed by atoms with Gasteiger partial charge in [-0.15, -0.1) is 0 Å². The molecule has 2 fully saturated rings. The van der Waals surface area contributed by atoms with Crippen molar-refractivity contribution in [1.82, 2.24) is 10.2 Å². The van der Waals surface area contributed by atoms with Gasteiger partial charge in [-0.3, -0.25) is 9.59 Å². The molecule has 0 bridgehead atoms. The molecule has 23 heavy (non-hydrogen) atoms. The molecule has 0 aromatic carbocycles. The number of hydrogen-bond acceptors (Lipinski definition) is 3. The van der Waals surface area contributed by atoms with Crippen molar-refractivity contribution in [1.29, 1.82) is 0 Å². The van der Waals surface area contributed by atoms with E-state index in [9.17, 15) is 22.8 Å². The second-order valence-electron chi connectivity index (χ2n) is 6.44. The van der Waals surface area contributed by atoms with Crippen LogP contribution in [0.15, 0.2) is 0 Å². The molecule has 1 aliphatic carbocycles. The summed E-state index contributed by atoms with van der Waals surface area (Å²) in [4.78, 5) is 24.9. The van der Waals surface area contributed by atoms with E-state index in [1.807, 2.05) is 0 Å². The van der Waals surface area contributed by atoms with Gasteiger partial charge in [0.05, 0.1) is 18.1 Å². The number of piperidine rings is 1. The second kappa shape index (κ2) is 7.07. The Morgan fingerprint density at radius 1 is 1.30 bits per heavy atom. The van der Waals surface area contributed by atoms with Crippen molar-refractivity contribution >= 4 is 12.3 Å². The van der Waals surface area contributed by atoms with Crippen LogP contribution in [0.4, 0.5) is 13.2 Å². The van der Waals surface area contributed by atoms with Crippen LogP contribution in [0.1, 0.15) is 39.0 Å². The largest absolute Gasteiger partial charge is 0.396 e. The number of nitrogens with one attached hydrogen (secondary N) is 1. The van der Waals surface area contributed by atoms with Gasteiger partial charge < -0.3 is 15.0 Å². The van der Waals surface area contributed by atoms with Crippen LogP contribution >= 0.6 is 0 Å². The quantitative estimate of drug-likeness (QED) is 0.722. The van der Waals surface area contributed by atoms with Crippen LogP contribution in [0, 0.1) is 5.41 Å². The number of carbonyl (C=O) groups excluding carboxylic acids is 2. The molecule has 0 spiro atoms. The summed E-state index contributed by atoms with van der Waals surface area (Å²) in [7, 11) is 0. The zero-order valence-corrected chi connectivity index (χ0v) is 13.2. The average Bonchev–Trinajstić information content (AvgIpc) is 3.31. The molecule has 1 aliphatic heterocycles. The summed E-state index contributed by atoms with van der Waals surface area (Å²) in [6.07, 6.45) is -1.77. The van der Waals surface area contributed by atoms with Crippen molar-refractivity contribution < 1.29 is 27.5 Å². The van der Waals surface area contributed by atoms with Crippen molar-refractivity contribution in [3.8, 4) is 0 Å². The van der Waals surface area contributed by atoms with E-state index in [2.05, 4.69) is 5.32 Å². The number of likely N-dealkylation sites (tertiary alicyclic amines) is 1. The van der Waals surface area contributed by atoms with E-state index in [-0.39, 0.29) is 18.7 Å². The van der Waals surface area contributed by atoms with Gasteiger partial charge in [0.15, 0.2) is 0 Å². The third-order valence-electron chi connectivity index (χ3n) is 4.73. The Bertz CT molecular complexity index is 432. The average molecular weight is 336 g/mol. The van der Waals surface area contributed by atoms with Crippen LogP contribution < -0.4 is 5.32 Å². The third-order valence-corrected chi connectivity index (χ3v) is 4.73. The van der Waals surface area contributed by atoms with Gasteiger partial charge in [0, 0.05) is 13.1 Å². The van der Waals surface area contributed by atoms with Crippen molar-refractivity contribution in [2.75, 3.05) is 19.7 Å². The Kier molecular flexibility index (Phi) is 5.54. The van der Waals surface area contributed by atoms with Crippen molar-refractivity contribution in [2.45, 2.75) is 57.3 Å². The minimum Gasteiger partial charge on any atom is -0.375 e. The van der Waals surface area contributed by atoms with Crippen molar-refractivity contribution in [3.63, 3.8) is 0 Å². The summed E-state index contributed by atoms with van der Waals surface area (Å²) in [5.74, 6) is -0.291. The molecule has 1 heterocycles. The number of hydrogen-bond donors (Lipinski definition) is 1. The molecule has 2 aliphatic rings. The van der Waals surface area contributed by atoms with Crippen molar-refractivity contribution in [3.05, 3.63) is 0 Å². The minimum atomic E-state index is -4.29. The fourth-order valence-corrected chi connectivity index (χ4v) is 2.84. The molecule has 0 aromatic heterocycles. The molecule has 1 saturated carbocycles. The predicted molar refractivity (Wildman–Crippen MR) is 76.6 cm³/mol. The lowest BCUT2D eigenvalue weighted by Gasteiger charge is -2.33. The van der Waals surface area contributed by atoms with Crippen LogP contribution in [0.3, 0.4) is 0 Å². The first-order chi connectivity index (χ1) is 10.8. The van der Waals surface area contributed by atoms with E-state index < -0.39 is 30.3 Å². The second-order valence-corrected chi connectivity index (χ2v) is 6.44. The topological polar surface area (TPSA) is 58.6 Å². The summed E-state index contributed by atoms with van der Waals surface area (Å²) >= 11 is 0. The molecule has 132 valence electrons.